The van der Waals surface area contributed by atoms with Gasteiger partial charge in [-0.15, -0.1) is 0 Å². The molecule has 4 bridgehead atoms. The minimum absolute atomic E-state index is 0.0904. The number of hydrogen-bond acceptors (Lipinski definition) is 3. The molecule has 4 fully saturated rings. The van der Waals surface area contributed by atoms with Crippen LogP contribution in [0.1, 0.15) is 78.1 Å². The van der Waals surface area contributed by atoms with Crippen LogP contribution in [-0.2, 0) is 9.53 Å². The first-order valence-electron chi connectivity index (χ1n) is 9.82. The number of ether oxygens (including phenoxy) is 1. The smallest absolute Gasteiger partial charge is 0.138 e. The zero-order valence-electron chi connectivity index (χ0n) is 14.7. The van der Waals surface area contributed by atoms with Crippen LogP contribution in [0.3, 0.4) is 0 Å². The molecule has 130 valence electrons. The van der Waals surface area contributed by atoms with Gasteiger partial charge in [0.1, 0.15) is 5.78 Å². The Balaban J connectivity index is 1.50. The maximum atomic E-state index is 12.2. The Labute approximate surface area is 140 Å². The number of rotatable bonds is 2. The second-order valence-corrected chi connectivity index (χ2v) is 9.42. The normalized spacial score (nSPS) is 53.2. The lowest BCUT2D eigenvalue weighted by molar-refractivity contribution is -0.215. The summed E-state index contributed by atoms with van der Waals surface area (Å²) in [5, 5.41) is 10.9. The largest absolute Gasteiger partial charge is 0.390 e. The first-order chi connectivity index (χ1) is 10.9. The fourth-order valence-electron chi connectivity index (χ4n) is 6.56. The molecule has 0 amide bonds. The summed E-state index contributed by atoms with van der Waals surface area (Å²) in [6.07, 6.45) is 10.5. The van der Waals surface area contributed by atoms with E-state index in [9.17, 15) is 9.90 Å². The van der Waals surface area contributed by atoms with Gasteiger partial charge >= 0.3 is 0 Å². The van der Waals surface area contributed by atoms with Crippen LogP contribution in [0.25, 0.3) is 0 Å². The molecule has 0 spiro atoms. The van der Waals surface area contributed by atoms with Crippen LogP contribution in [0.15, 0.2) is 0 Å². The zero-order chi connectivity index (χ0) is 16.2. The Morgan fingerprint density at radius 2 is 1.96 bits per heavy atom. The second kappa shape index (κ2) is 5.56. The van der Waals surface area contributed by atoms with Gasteiger partial charge in [0.15, 0.2) is 0 Å². The van der Waals surface area contributed by atoms with E-state index in [1.807, 2.05) is 0 Å². The van der Waals surface area contributed by atoms with Gasteiger partial charge in [-0.25, -0.2) is 0 Å². The highest BCUT2D eigenvalue weighted by atomic mass is 16.5. The lowest BCUT2D eigenvalue weighted by Gasteiger charge is -2.54. The maximum absolute atomic E-state index is 12.2. The van der Waals surface area contributed by atoms with E-state index >= 15 is 0 Å². The van der Waals surface area contributed by atoms with Crippen molar-refractivity contribution >= 4 is 5.78 Å². The Hall–Kier alpha value is -0.410. The Morgan fingerprint density at radius 1 is 1.13 bits per heavy atom. The molecule has 1 N–H and O–H groups in total. The van der Waals surface area contributed by atoms with Gasteiger partial charge in [0.2, 0.25) is 0 Å². The van der Waals surface area contributed by atoms with Crippen LogP contribution < -0.4 is 0 Å². The fraction of sp³-hybridized carbons (Fsp3) is 0.950. The summed E-state index contributed by atoms with van der Waals surface area (Å²) in [6, 6.07) is 0. The lowest BCUT2D eigenvalue weighted by Crippen LogP contribution is -2.56. The topological polar surface area (TPSA) is 46.5 Å². The molecule has 4 aliphatic carbocycles. The van der Waals surface area contributed by atoms with Crippen molar-refractivity contribution < 1.29 is 14.6 Å². The fourth-order valence-corrected chi connectivity index (χ4v) is 6.56. The zero-order valence-corrected chi connectivity index (χ0v) is 14.7. The van der Waals surface area contributed by atoms with Gasteiger partial charge in [0.05, 0.1) is 17.3 Å². The molecule has 23 heavy (non-hydrogen) atoms. The van der Waals surface area contributed by atoms with Gasteiger partial charge in [-0.05, 0) is 69.6 Å². The summed E-state index contributed by atoms with van der Waals surface area (Å²) >= 11 is 0. The third-order valence-corrected chi connectivity index (χ3v) is 7.23. The van der Waals surface area contributed by atoms with Crippen LogP contribution in [0.2, 0.25) is 0 Å². The minimum Gasteiger partial charge on any atom is -0.390 e. The Bertz CT molecular complexity index is 487. The summed E-state index contributed by atoms with van der Waals surface area (Å²) in [6.45, 7) is 4.37. The van der Waals surface area contributed by atoms with Crippen molar-refractivity contribution in [2.24, 2.45) is 23.7 Å². The molecule has 4 saturated carbocycles. The highest BCUT2D eigenvalue weighted by Gasteiger charge is 2.52. The van der Waals surface area contributed by atoms with Crippen LogP contribution in [0, 0.1) is 23.7 Å². The summed E-state index contributed by atoms with van der Waals surface area (Å²) in [5.74, 6) is 2.13. The number of carbonyl (C=O) groups excluding carboxylic acids is 1. The number of hydrogen-bond donors (Lipinski definition) is 1. The molecule has 0 radical (unpaired) electrons. The minimum atomic E-state index is -0.483. The average molecular weight is 320 g/mol. The molecule has 4 rings (SSSR count). The third-order valence-electron chi connectivity index (χ3n) is 7.23. The molecular weight excluding hydrogens is 288 g/mol. The van der Waals surface area contributed by atoms with Gasteiger partial charge in [-0.2, -0.15) is 0 Å². The van der Waals surface area contributed by atoms with E-state index < -0.39 is 5.60 Å². The van der Waals surface area contributed by atoms with Crippen LogP contribution in [-0.4, -0.2) is 28.2 Å². The summed E-state index contributed by atoms with van der Waals surface area (Å²) in [5.41, 5.74) is -0.574. The predicted octanol–water partition coefficient (Wildman–Crippen LogP) is 3.87. The standard InChI is InChI=1S/C20H32O3/c1-13-10-19(22)6-3-7-20(11-13,12-19)23-17-5-4-15-9-16(17)8-14(2)18(15)21/h13-17,22H,3-12H2,1-2H3/t13?,14-,15?,16?,17?,19?,20?/m1/s1. The molecule has 4 aliphatic rings. The number of carbonyl (C=O) groups is 1. The van der Waals surface area contributed by atoms with Crippen molar-refractivity contribution in [3.63, 3.8) is 0 Å². The lowest BCUT2D eigenvalue weighted by atomic mass is 9.62. The first-order valence-corrected chi connectivity index (χ1v) is 9.82. The summed E-state index contributed by atoms with van der Waals surface area (Å²) < 4.78 is 6.82. The summed E-state index contributed by atoms with van der Waals surface area (Å²) in [4.78, 5) is 12.2. The van der Waals surface area contributed by atoms with Crippen molar-refractivity contribution in [2.75, 3.05) is 0 Å². The SMILES string of the molecule is CC1CC2(O)CCCC(OC3CCC4CC3C[C@@H](C)C4=O)(C1)C2. The molecule has 3 nitrogen and oxygen atoms in total. The molecule has 3 heteroatoms. The van der Waals surface area contributed by atoms with Crippen LogP contribution in [0.4, 0.5) is 0 Å². The van der Waals surface area contributed by atoms with Crippen molar-refractivity contribution in [2.45, 2.75) is 95.4 Å². The number of aliphatic hydroxyl groups is 1. The average Bonchev–Trinajstić information content (AvgIpc) is 2.45. The number of Topliss-reactive ketones (excluding diaryl/α,β-unsaturated/α-hetero) is 1. The van der Waals surface area contributed by atoms with E-state index in [0.717, 1.165) is 64.2 Å². The summed E-state index contributed by atoms with van der Waals surface area (Å²) in [7, 11) is 0. The van der Waals surface area contributed by atoms with E-state index in [4.69, 9.17) is 4.74 Å². The molecule has 0 aromatic carbocycles. The second-order valence-electron chi connectivity index (χ2n) is 9.42. The van der Waals surface area contributed by atoms with Gasteiger partial charge in [-0.1, -0.05) is 13.8 Å². The number of ketones is 1. The Kier molecular flexibility index (Phi) is 3.88. The van der Waals surface area contributed by atoms with E-state index in [1.54, 1.807) is 0 Å². The van der Waals surface area contributed by atoms with Gasteiger partial charge in [0.25, 0.3) is 0 Å². The van der Waals surface area contributed by atoms with E-state index in [2.05, 4.69) is 13.8 Å². The quantitative estimate of drug-likeness (QED) is 0.840. The van der Waals surface area contributed by atoms with Crippen LogP contribution in [0.5, 0.6) is 0 Å². The highest BCUT2D eigenvalue weighted by molar-refractivity contribution is 5.84. The molecule has 0 saturated heterocycles. The monoisotopic (exact) mass is 320 g/mol. The van der Waals surface area contributed by atoms with E-state index in [1.165, 1.54) is 0 Å². The van der Waals surface area contributed by atoms with Gasteiger partial charge < -0.3 is 9.84 Å². The number of fused-ring (bicyclic) bond motifs is 4. The van der Waals surface area contributed by atoms with Gasteiger partial charge in [0, 0.05) is 18.3 Å². The molecule has 6 unspecified atom stereocenters. The molecule has 0 aromatic heterocycles. The van der Waals surface area contributed by atoms with Crippen molar-refractivity contribution in [3.8, 4) is 0 Å². The first kappa shape index (κ1) is 16.1. The maximum Gasteiger partial charge on any atom is 0.138 e. The third kappa shape index (κ3) is 2.89. The molecule has 0 aromatic rings. The molecule has 0 aliphatic heterocycles. The van der Waals surface area contributed by atoms with Crippen molar-refractivity contribution in [1.82, 2.24) is 0 Å². The van der Waals surface area contributed by atoms with E-state index in [-0.39, 0.29) is 11.5 Å². The van der Waals surface area contributed by atoms with Gasteiger partial charge in [-0.3, -0.25) is 4.79 Å². The van der Waals surface area contributed by atoms with Crippen molar-refractivity contribution in [3.05, 3.63) is 0 Å². The Morgan fingerprint density at radius 3 is 2.78 bits per heavy atom. The molecule has 0 heterocycles. The molecular formula is C20H32O3. The molecule has 7 atom stereocenters. The predicted molar refractivity (Wildman–Crippen MR) is 89.0 cm³/mol. The van der Waals surface area contributed by atoms with Crippen LogP contribution >= 0.6 is 0 Å². The van der Waals surface area contributed by atoms with Crippen molar-refractivity contribution in [1.29, 1.82) is 0 Å². The van der Waals surface area contributed by atoms with E-state index in [0.29, 0.717) is 29.6 Å². The highest BCUT2D eigenvalue weighted by Crippen LogP contribution is 2.52.